The number of aliphatic carboxylic acids is 1. The van der Waals surface area contributed by atoms with Crippen molar-refractivity contribution in [3.8, 4) is 0 Å². The highest BCUT2D eigenvalue weighted by molar-refractivity contribution is 5.89. The summed E-state index contributed by atoms with van der Waals surface area (Å²) in [5.74, 6) is -11.7. The molecule has 0 bridgehead atoms. The molecule has 0 aromatic heterocycles. The van der Waals surface area contributed by atoms with E-state index >= 15 is 0 Å². The summed E-state index contributed by atoms with van der Waals surface area (Å²) >= 11 is 0. The van der Waals surface area contributed by atoms with Crippen LogP contribution >= 0.6 is 0 Å². The van der Waals surface area contributed by atoms with Gasteiger partial charge >= 0.3 is 23.9 Å². The standard InChI is InChI=1S/C14H20F4N2O5/c1-12(2,3)25-11(24)19(4)8(5-9(21)22)10(23)20-6-13(15,16)14(17,18)7-20/h8H,5-7H2,1-4H3,(H,21,22). The average Bonchev–Trinajstić information content (AvgIpc) is 2.61. The molecule has 1 heterocycles. The zero-order valence-corrected chi connectivity index (χ0v) is 14.2. The Labute approximate surface area is 141 Å². The molecule has 1 saturated heterocycles. The first-order valence-electron chi connectivity index (χ1n) is 7.29. The number of carboxylic acids is 1. The number of amides is 2. The maximum Gasteiger partial charge on any atom is 0.410 e. The number of hydrogen-bond acceptors (Lipinski definition) is 4. The number of carbonyl (C=O) groups is 3. The van der Waals surface area contributed by atoms with Crippen LogP contribution in [0.15, 0.2) is 0 Å². The predicted molar refractivity (Wildman–Crippen MR) is 76.5 cm³/mol. The molecule has 1 atom stereocenters. The number of carbonyl (C=O) groups excluding carboxylic acids is 2. The minimum atomic E-state index is -4.43. The number of hydrogen-bond donors (Lipinski definition) is 1. The van der Waals surface area contributed by atoms with Gasteiger partial charge in [0.05, 0.1) is 19.5 Å². The smallest absolute Gasteiger partial charge is 0.410 e. The molecule has 0 spiro atoms. The second-order valence-electron chi connectivity index (χ2n) is 6.81. The van der Waals surface area contributed by atoms with Crippen molar-refractivity contribution in [3.05, 3.63) is 0 Å². The molecule has 0 saturated carbocycles. The molecule has 7 nitrogen and oxygen atoms in total. The Balaban J connectivity index is 3.01. The van der Waals surface area contributed by atoms with Crippen molar-refractivity contribution in [2.24, 2.45) is 0 Å². The Morgan fingerprint density at radius 2 is 1.60 bits per heavy atom. The van der Waals surface area contributed by atoms with E-state index in [4.69, 9.17) is 9.84 Å². The van der Waals surface area contributed by atoms with E-state index in [1.165, 1.54) is 20.8 Å². The van der Waals surface area contributed by atoms with Gasteiger partial charge < -0.3 is 14.7 Å². The third-order valence-electron chi connectivity index (χ3n) is 3.43. The molecule has 1 aliphatic rings. The topological polar surface area (TPSA) is 87.1 Å². The lowest BCUT2D eigenvalue weighted by atomic mass is 10.1. The highest BCUT2D eigenvalue weighted by Crippen LogP contribution is 2.41. The van der Waals surface area contributed by atoms with Crippen LogP contribution in [0, 0.1) is 0 Å². The number of carboxylic acid groups (broad SMARTS) is 1. The van der Waals surface area contributed by atoms with E-state index < -0.39 is 61.0 Å². The van der Waals surface area contributed by atoms with E-state index in [1.54, 1.807) is 0 Å². The van der Waals surface area contributed by atoms with Gasteiger partial charge in [0, 0.05) is 7.05 Å². The van der Waals surface area contributed by atoms with Gasteiger partial charge in [0.25, 0.3) is 0 Å². The number of rotatable bonds is 4. The van der Waals surface area contributed by atoms with Crippen LogP contribution < -0.4 is 0 Å². The van der Waals surface area contributed by atoms with E-state index in [-0.39, 0.29) is 4.90 Å². The first-order chi connectivity index (χ1) is 11.1. The minimum Gasteiger partial charge on any atom is -0.481 e. The van der Waals surface area contributed by atoms with Crippen LogP contribution in [0.25, 0.3) is 0 Å². The lowest BCUT2D eigenvalue weighted by molar-refractivity contribution is -0.172. The van der Waals surface area contributed by atoms with Crippen molar-refractivity contribution in [1.29, 1.82) is 0 Å². The lowest BCUT2D eigenvalue weighted by Gasteiger charge is -2.31. The number of ether oxygens (including phenoxy) is 1. The normalized spacial score (nSPS) is 20.1. The Kier molecular flexibility index (Phi) is 5.60. The molecule has 25 heavy (non-hydrogen) atoms. The molecular weight excluding hydrogens is 352 g/mol. The Morgan fingerprint density at radius 1 is 1.16 bits per heavy atom. The fraction of sp³-hybridized carbons (Fsp3) is 0.786. The predicted octanol–water partition coefficient (Wildman–Crippen LogP) is 1.81. The van der Waals surface area contributed by atoms with Crippen molar-refractivity contribution in [1.82, 2.24) is 9.80 Å². The average molecular weight is 372 g/mol. The van der Waals surface area contributed by atoms with E-state index in [9.17, 15) is 31.9 Å². The Hall–Kier alpha value is -2.07. The summed E-state index contributed by atoms with van der Waals surface area (Å²) < 4.78 is 58.1. The van der Waals surface area contributed by atoms with Crippen LogP contribution in [0.4, 0.5) is 22.4 Å². The zero-order valence-electron chi connectivity index (χ0n) is 14.2. The summed E-state index contributed by atoms with van der Waals surface area (Å²) in [7, 11) is 1.03. The van der Waals surface area contributed by atoms with E-state index in [2.05, 4.69) is 0 Å². The number of alkyl halides is 4. The van der Waals surface area contributed by atoms with Gasteiger partial charge in [0.1, 0.15) is 11.6 Å². The molecule has 0 radical (unpaired) electrons. The first-order valence-corrected chi connectivity index (χ1v) is 7.29. The van der Waals surface area contributed by atoms with Gasteiger partial charge in [-0.25, -0.2) is 4.79 Å². The maximum absolute atomic E-state index is 13.3. The molecule has 2 amide bonds. The number of nitrogens with zero attached hydrogens (tertiary/aromatic N) is 2. The van der Waals surface area contributed by atoms with Gasteiger partial charge in [0.2, 0.25) is 5.91 Å². The van der Waals surface area contributed by atoms with Crippen molar-refractivity contribution in [3.63, 3.8) is 0 Å². The van der Waals surface area contributed by atoms with E-state index in [0.717, 1.165) is 7.05 Å². The molecule has 1 rings (SSSR count). The molecule has 0 aromatic carbocycles. The zero-order chi connectivity index (χ0) is 19.8. The third kappa shape index (κ3) is 4.95. The molecule has 144 valence electrons. The molecule has 1 fully saturated rings. The molecule has 1 unspecified atom stereocenters. The van der Waals surface area contributed by atoms with E-state index in [0.29, 0.717) is 4.90 Å². The summed E-state index contributed by atoms with van der Waals surface area (Å²) in [4.78, 5) is 36.0. The minimum absolute atomic E-state index is 0.161. The second-order valence-corrected chi connectivity index (χ2v) is 6.81. The van der Waals surface area contributed by atoms with Gasteiger partial charge in [-0.3, -0.25) is 14.5 Å². The molecule has 1 N–H and O–H groups in total. The van der Waals surface area contributed by atoms with Crippen molar-refractivity contribution in [2.75, 3.05) is 20.1 Å². The summed E-state index contributed by atoms with van der Waals surface area (Å²) in [5.41, 5.74) is -0.962. The highest BCUT2D eigenvalue weighted by atomic mass is 19.3. The van der Waals surface area contributed by atoms with Crippen LogP contribution in [0.3, 0.4) is 0 Å². The quantitative estimate of drug-likeness (QED) is 0.761. The van der Waals surface area contributed by atoms with Gasteiger partial charge in [0.15, 0.2) is 0 Å². The van der Waals surface area contributed by atoms with Crippen LogP contribution in [0.1, 0.15) is 27.2 Å². The summed E-state index contributed by atoms with van der Waals surface area (Å²) in [6.45, 7) is 1.45. The van der Waals surface area contributed by atoms with Gasteiger partial charge in [-0.2, -0.15) is 17.6 Å². The maximum atomic E-state index is 13.3. The summed E-state index contributed by atoms with van der Waals surface area (Å²) in [6.07, 6.45) is -2.02. The largest absolute Gasteiger partial charge is 0.481 e. The third-order valence-corrected chi connectivity index (χ3v) is 3.43. The summed E-state index contributed by atoms with van der Waals surface area (Å²) in [6, 6.07) is -1.75. The van der Waals surface area contributed by atoms with Crippen molar-refractivity contribution in [2.45, 2.75) is 50.7 Å². The Bertz CT molecular complexity index is 546. The van der Waals surface area contributed by atoms with Crippen molar-refractivity contribution < 1.29 is 41.8 Å². The fourth-order valence-electron chi connectivity index (χ4n) is 2.15. The molecule has 11 heteroatoms. The first kappa shape index (κ1) is 21.0. The number of likely N-dealkylation sites (tertiary alicyclic amines) is 1. The molecular formula is C14H20F4N2O5. The monoisotopic (exact) mass is 372 g/mol. The van der Waals surface area contributed by atoms with Gasteiger partial charge in [-0.15, -0.1) is 0 Å². The SMILES string of the molecule is CN(C(=O)OC(C)(C)C)C(CC(=O)O)C(=O)N1CC(F)(F)C(F)(F)C1. The number of likely N-dealkylation sites (N-methyl/N-ethyl adjacent to an activating group) is 1. The van der Waals surface area contributed by atoms with Gasteiger partial charge in [-0.05, 0) is 20.8 Å². The Morgan fingerprint density at radius 3 is 1.96 bits per heavy atom. The van der Waals surface area contributed by atoms with Crippen LogP contribution in [0.5, 0.6) is 0 Å². The van der Waals surface area contributed by atoms with Crippen LogP contribution in [-0.4, -0.2) is 76.5 Å². The van der Waals surface area contributed by atoms with Crippen molar-refractivity contribution >= 4 is 18.0 Å². The molecule has 0 aromatic rings. The van der Waals surface area contributed by atoms with Gasteiger partial charge in [-0.1, -0.05) is 0 Å². The second kappa shape index (κ2) is 6.68. The molecule has 1 aliphatic heterocycles. The highest BCUT2D eigenvalue weighted by Gasteiger charge is 2.64. The van der Waals surface area contributed by atoms with Crippen LogP contribution in [0.2, 0.25) is 0 Å². The number of halogens is 4. The fourth-order valence-corrected chi connectivity index (χ4v) is 2.15. The molecule has 0 aliphatic carbocycles. The van der Waals surface area contributed by atoms with Crippen LogP contribution in [-0.2, 0) is 14.3 Å². The van der Waals surface area contributed by atoms with E-state index in [1.807, 2.05) is 0 Å². The summed E-state index contributed by atoms with van der Waals surface area (Å²) in [5, 5.41) is 8.90. The lowest BCUT2D eigenvalue weighted by Crippen LogP contribution is -2.51.